The van der Waals surface area contributed by atoms with E-state index in [1.54, 1.807) is 12.1 Å². The number of nitrogens with one attached hydrogen (secondary N) is 3. The van der Waals surface area contributed by atoms with Gasteiger partial charge in [-0.15, -0.1) is 0 Å². The molecule has 5 aliphatic heterocycles. The second-order valence-electron chi connectivity index (χ2n) is 15.7. The second kappa shape index (κ2) is 15.0. The van der Waals surface area contributed by atoms with Crippen LogP contribution in [-0.4, -0.2) is 105 Å². The Morgan fingerprint density at radius 2 is 1.65 bits per heavy atom. The number of fused-ring (bicyclic) bond motifs is 2. The molecule has 1 unspecified atom stereocenters. The lowest BCUT2D eigenvalue weighted by atomic mass is 9.91. The van der Waals surface area contributed by atoms with Crippen molar-refractivity contribution in [2.75, 3.05) is 42.9 Å². The number of H-pyrrole nitrogens is 1. The highest BCUT2D eigenvalue weighted by Crippen LogP contribution is 2.33. The minimum atomic E-state index is -0.986. The number of likely N-dealkylation sites (tertiary alicyclic amines) is 2. The molecule has 6 heterocycles. The van der Waals surface area contributed by atoms with E-state index >= 15 is 0 Å². The molecule has 2 aromatic carbocycles. The van der Waals surface area contributed by atoms with Gasteiger partial charge in [-0.05, 0) is 107 Å². The number of nitrogens with zero attached hydrogens (tertiary/aromatic N) is 5. The van der Waals surface area contributed by atoms with E-state index in [2.05, 4.69) is 32.3 Å². The normalized spacial score (nSPS) is 23.0. The van der Waals surface area contributed by atoms with Gasteiger partial charge in [0.15, 0.2) is 0 Å². The summed E-state index contributed by atoms with van der Waals surface area (Å²) in [6.45, 7) is 6.84. The van der Waals surface area contributed by atoms with E-state index in [9.17, 15) is 28.8 Å². The van der Waals surface area contributed by atoms with E-state index in [4.69, 9.17) is 4.98 Å². The molecule has 6 amide bonds. The van der Waals surface area contributed by atoms with Gasteiger partial charge in [-0.3, -0.25) is 43.9 Å². The number of carbonyl (C=O) groups excluding carboxylic acids is 6. The Bertz CT molecular complexity index is 1990. The SMILES string of the molecule is C[C@H]1CCCN1Cc1nc2cc(NC(=O)C3CCN(C(=O)CCC4CCN(c5ccc6c(c5)C(=O)N(C5CCC(=O)NC5=O)C6=O)CC4)CC3)ccc2[nH]1. The van der Waals surface area contributed by atoms with Crippen LogP contribution in [0.3, 0.4) is 0 Å². The Balaban J connectivity index is 0.768. The minimum Gasteiger partial charge on any atom is -0.371 e. The van der Waals surface area contributed by atoms with Gasteiger partial charge < -0.3 is 20.1 Å². The number of anilines is 2. The van der Waals surface area contributed by atoms with Crippen molar-refractivity contribution in [1.29, 1.82) is 0 Å². The number of hydrogen-bond donors (Lipinski definition) is 3. The zero-order valence-electron chi connectivity index (χ0n) is 30.8. The molecule has 14 nitrogen and oxygen atoms in total. The first-order valence-electron chi connectivity index (χ1n) is 19.5. The van der Waals surface area contributed by atoms with E-state index in [-0.39, 0.29) is 41.7 Å². The van der Waals surface area contributed by atoms with Crippen molar-refractivity contribution in [2.24, 2.45) is 11.8 Å². The van der Waals surface area contributed by atoms with Crippen molar-refractivity contribution in [3.8, 4) is 0 Å². The summed E-state index contributed by atoms with van der Waals surface area (Å²) in [5.41, 5.74) is 3.95. The predicted octanol–water partition coefficient (Wildman–Crippen LogP) is 3.82. The first kappa shape index (κ1) is 35.9. The zero-order chi connectivity index (χ0) is 37.5. The smallest absolute Gasteiger partial charge is 0.262 e. The lowest BCUT2D eigenvalue weighted by Gasteiger charge is -2.35. The van der Waals surface area contributed by atoms with Gasteiger partial charge in [0, 0.05) is 62.4 Å². The topological polar surface area (TPSA) is 168 Å². The van der Waals surface area contributed by atoms with Crippen LogP contribution in [0, 0.1) is 11.8 Å². The van der Waals surface area contributed by atoms with E-state index in [1.165, 1.54) is 12.8 Å². The molecule has 0 saturated carbocycles. The third-order valence-corrected chi connectivity index (χ3v) is 12.2. The van der Waals surface area contributed by atoms with Crippen molar-refractivity contribution < 1.29 is 28.8 Å². The van der Waals surface area contributed by atoms with E-state index < -0.39 is 29.7 Å². The maximum absolute atomic E-state index is 13.3. The molecule has 4 saturated heterocycles. The van der Waals surface area contributed by atoms with Gasteiger partial charge in [0.2, 0.25) is 23.6 Å². The van der Waals surface area contributed by atoms with Crippen LogP contribution in [0.2, 0.25) is 0 Å². The molecule has 2 atom stereocenters. The first-order chi connectivity index (χ1) is 26.1. The summed E-state index contributed by atoms with van der Waals surface area (Å²) in [4.78, 5) is 92.5. The van der Waals surface area contributed by atoms with Crippen molar-refractivity contribution >= 4 is 57.9 Å². The first-order valence-corrected chi connectivity index (χ1v) is 19.5. The summed E-state index contributed by atoms with van der Waals surface area (Å²) in [5, 5.41) is 5.31. The van der Waals surface area contributed by atoms with Gasteiger partial charge in [0.1, 0.15) is 11.9 Å². The molecule has 8 rings (SSSR count). The van der Waals surface area contributed by atoms with E-state index in [0.717, 1.165) is 78.6 Å². The molecule has 0 bridgehead atoms. The molecule has 0 aliphatic carbocycles. The number of aromatic amines is 1. The molecular formula is C40H48N8O6. The number of amides is 6. The summed E-state index contributed by atoms with van der Waals surface area (Å²) >= 11 is 0. The summed E-state index contributed by atoms with van der Waals surface area (Å²) in [6.07, 6.45) is 7.03. The van der Waals surface area contributed by atoms with E-state index in [1.807, 2.05) is 29.2 Å². The lowest BCUT2D eigenvalue weighted by Crippen LogP contribution is -2.54. The van der Waals surface area contributed by atoms with Crippen LogP contribution in [0.1, 0.15) is 97.7 Å². The molecule has 54 heavy (non-hydrogen) atoms. The third kappa shape index (κ3) is 7.23. The second-order valence-corrected chi connectivity index (χ2v) is 15.7. The summed E-state index contributed by atoms with van der Waals surface area (Å²) in [5.74, 6) is -0.705. The monoisotopic (exact) mass is 736 g/mol. The van der Waals surface area contributed by atoms with Crippen molar-refractivity contribution in [3.05, 3.63) is 53.3 Å². The standard InChI is InChI=1S/C40H48N8O6/c1-24-3-2-16-47(24)23-34-42-31-8-5-27(21-32(31)43-34)41-37(51)26-14-19-46(20-15-26)36(50)11-4-25-12-17-45(18-13-25)28-6-7-29-30(22-28)40(54)48(39(29)53)33-9-10-35(49)44-38(33)52/h5-8,21-22,24-26,33H,2-4,9-20,23H2,1H3,(H,41,51)(H,42,43)(H,44,49,52)/t24-,33?/m0/s1. The molecule has 5 aliphatic rings. The molecule has 1 aromatic heterocycles. The van der Waals surface area contributed by atoms with Gasteiger partial charge in [0.25, 0.3) is 11.8 Å². The fourth-order valence-corrected chi connectivity index (χ4v) is 8.89. The molecule has 3 aromatic rings. The molecule has 14 heteroatoms. The minimum absolute atomic E-state index is 0.0131. The van der Waals surface area contributed by atoms with Crippen LogP contribution < -0.4 is 15.5 Å². The van der Waals surface area contributed by atoms with Crippen LogP contribution in [0.4, 0.5) is 11.4 Å². The highest BCUT2D eigenvalue weighted by molar-refractivity contribution is 6.23. The Morgan fingerprint density at radius 3 is 2.39 bits per heavy atom. The number of benzene rings is 2. The fourth-order valence-electron chi connectivity index (χ4n) is 8.89. The Hall–Kier alpha value is -5.11. The van der Waals surface area contributed by atoms with E-state index in [0.29, 0.717) is 44.3 Å². The van der Waals surface area contributed by atoms with Crippen molar-refractivity contribution in [2.45, 2.75) is 89.8 Å². The molecule has 3 N–H and O–H groups in total. The molecule has 0 spiro atoms. The third-order valence-electron chi connectivity index (χ3n) is 12.2. The Morgan fingerprint density at radius 1 is 0.870 bits per heavy atom. The number of imide groups is 2. The predicted molar refractivity (Wildman–Crippen MR) is 200 cm³/mol. The summed E-state index contributed by atoms with van der Waals surface area (Å²) in [6, 6.07) is 10.6. The fraction of sp³-hybridized carbons (Fsp3) is 0.525. The van der Waals surface area contributed by atoms with Crippen LogP contribution in [-0.2, 0) is 25.7 Å². The number of aromatic nitrogens is 2. The average Bonchev–Trinajstić information content (AvgIpc) is 3.85. The van der Waals surface area contributed by atoms with Gasteiger partial charge >= 0.3 is 0 Å². The highest BCUT2D eigenvalue weighted by atomic mass is 16.2. The molecular weight excluding hydrogens is 688 g/mol. The van der Waals surface area contributed by atoms with Crippen LogP contribution in [0.25, 0.3) is 11.0 Å². The maximum Gasteiger partial charge on any atom is 0.262 e. The quantitative estimate of drug-likeness (QED) is 0.277. The van der Waals surface area contributed by atoms with Crippen LogP contribution >= 0.6 is 0 Å². The largest absolute Gasteiger partial charge is 0.371 e. The van der Waals surface area contributed by atoms with Gasteiger partial charge in [0.05, 0.1) is 28.7 Å². The number of carbonyl (C=O) groups is 6. The van der Waals surface area contributed by atoms with Gasteiger partial charge in [-0.25, -0.2) is 4.98 Å². The van der Waals surface area contributed by atoms with Crippen molar-refractivity contribution in [3.63, 3.8) is 0 Å². The van der Waals surface area contributed by atoms with Gasteiger partial charge in [-0.2, -0.15) is 0 Å². The van der Waals surface area contributed by atoms with Gasteiger partial charge in [-0.1, -0.05) is 0 Å². The number of rotatable bonds is 9. The molecule has 284 valence electrons. The highest BCUT2D eigenvalue weighted by Gasteiger charge is 2.45. The number of hydrogen-bond acceptors (Lipinski definition) is 9. The van der Waals surface area contributed by atoms with Crippen molar-refractivity contribution in [1.82, 2.24) is 30.0 Å². The van der Waals surface area contributed by atoms with Crippen LogP contribution in [0.5, 0.6) is 0 Å². The lowest BCUT2D eigenvalue weighted by molar-refractivity contribution is -0.136. The average molecular weight is 737 g/mol. The molecule has 4 fully saturated rings. The Labute approximate surface area is 314 Å². The Kier molecular flexibility index (Phi) is 9.95. The zero-order valence-corrected chi connectivity index (χ0v) is 30.8. The summed E-state index contributed by atoms with van der Waals surface area (Å²) in [7, 11) is 0. The maximum atomic E-state index is 13.3. The number of piperidine rings is 3. The molecule has 0 radical (unpaired) electrons. The summed E-state index contributed by atoms with van der Waals surface area (Å²) < 4.78 is 0. The number of imidazole rings is 1. The van der Waals surface area contributed by atoms with Crippen LogP contribution in [0.15, 0.2) is 36.4 Å².